The van der Waals surface area contributed by atoms with Gasteiger partial charge in [-0.15, -0.1) is 0 Å². The molecule has 0 saturated heterocycles. The Hall–Kier alpha value is -2.55. The minimum atomic E-state index is -1.05. The molecule has 0 bridgehead atoms. The highest BCUT2D eigenvalue weighted by atomic mass is 16.5. The fourth-order valence-electron chi connectivity index (χ4n) is 2.80. The van der Waals surface area contributed by atoms with Crippen molar-refractivity contribution in [2.45, 2.75) is 25.5 Å². The van der Waals surface area contributed by atoms with Gasteiger partial charge in [-0.1, -0.05) is 0 Å². The maximum Gasteiger partial charge on any atom is 0.313 e. The van der Waals surface area contributed by atoms with Gasteiger partial charge in [-0.3, -0.25) is 9.59 Å². The first-order valence-corrected chi connectivity index (χ1v) is 6.45. The van der Waals surface area contributed by atoms with Gasteiger partial charge < -0.3 is 14.7 Å². The SMILES string of the molecule is CN(C=O)C1c2cc(C#N)ccc2OC(C)(C)C1C(=O)O. The molecule has 0 aliphatic carbocycles. The standard InChI is InChI=1S/C15H16N2O4/c1-15(2)12(14(19)20)13(17(3)8-18)10-6-9(7-16)4-5-11(10)21-15/h4-6,8,12-13H,1-3H3,(H,19,20). The Morgan fingerprint density at radius 3 is 2.71 bits per heavy atom. The van der Waals surface area contributed by atoms with Gasteiger partial charge in [-0.05, 0) is 32.0 Å². The Morgan fingerprint density at radius 1 is 1.52 bits per heavy atom. The Labute approximate surface area is 122 Å². The average Bonchev–Trinajstić information content (AvgIpc) is 2.43. The number of amides is 1. The predicted octanol–water partition coefficient (Wildman–Crippen LogP) is 1.56. The molecule has 1 N–H and O–H groups in total. The lowest BCUT2D eigenvalue weighted by atomic mass is 9.77. The number of ether oxygens (including phenoxy) is 1. The number of benzene rings is 1. The summed E-state index contributed by atoms with van der Waals surface area (Å²) in [4.78, 5) is 24.2. The molecular weight excluding hydrogens is 272 g/mol. The molecule has 0 aromatic heterocycles. The van der Waals surface area contributed by atoms with Gasteiger partial charge in [-0.25, -0.2) is 0 Å². The molecule has 2 rings (SSSR count). The molecule has 2 atom stereocenters. The fraction of sp³-hybridized carbons (Fsp3) is 0.400. The van der Waals surface area contributed by atoms with Crippen LogP contribution in [0.5, 0.6) is 5.75 Å². The number of nitriles is 1. The minimum absolute atomic E-state index is 0.394. The number of nitrogens with zero attached hydrogens (tertiary/aromatic N) is 2. The maximum absolute atomic E-state index is 11.7. The van der Waals surface area contributed by atoms with Crippen molar-refractivity contribution in [3.63, 3.8) is 0 Å². The number of fused-ring (bicyclic) bond motifs is 1. The number of hydrogen-bond acceptors (Lipinski definition) is 4. The smallest absolute Gasteiger partial charge is 0.313 e. The third-order valence-corrected chi connectivity index (χ3v) is 3.77. The molecule has 0 fully saturated rings. The van der Waals surface area contributed by atoms with Gasteiger partial charge in [0.25, 0.3) is 0 Å². The summed E-state index contributed by atoms with van der Waals surface area (Å²) >= 11 is 0. The van der Waals surface area contributed by atoms with Crippen LogP contribution < -0.4 is 4.74 Å². The van der Waals surface area contributed by atoms with Crippen molar-refractivity contribution in [2.24, 2.45) is 5.92 Å². The second-order valence-electron chi connectivity index (χ2n) is 5.60. The van der Waals surface area contributed by atoms with Crippen LogP contribution in [0.25, 0.3) is 0 Å². The molecule has 110 valence electrons. The molecule has 21 heavy (non-hydrogen) atoms. The highest BCUT2D eigenvalue weighted by Crippen LogP contribution is 2.46. The zero-order valence-electron chi connectivity index (χ0n) is 12.0. The highest BCUT2D eigenvalue weighted by molar-refractivity contribution is 5.75. The molecule has 1 heterocycles. The molecule has 1 amide bonds. The summed E-state index contributed by atoms with van der Waals surface area (Å²) < 4.78 is 5.78. The van der Waals surface area contributed by atoms with Crippen LogP contribution >= 0.6 is 0 Å². The lowest BCUT2D eigenvalue weighted by Gasteiger charge is -2.45. The molecule has 1 aliphatic rings. The predicted molar refractivity (Wildman–Crippen MR) is 73.6 cm³/mol. The van der Waals surface area contributed by atoms with Crippen LogP contribution in [0.1, 0.15) is 31.0 Å². The Morgan fingerprint density at radius 2 is 2.19 bits per heavy atom. The van der Waals surface area contributed by atoms with Crippen LogP contribution in [0, 0.1) is 17.2 Å². The number of hydrogen-bond donors (Lipinski definition) is 1. The third kappa shape index (κ3) is 2.42. The van der Waals surface area contributed by atoms with Crippen LogP contribution in [-0.4, -0.2) is 35.0 Å². The quantitative estimate of drug-likeness (QED) is 0.852. The average molecular weight is 288 g/mol. The lowest BCUT2D eigenvalue weighted by molar-refractivity contribution is -0.156. The first kappa shape index (κ1) is 14.9. The third-order valence-electron chi connectivity index (χ3n) is 3.77. The normalized spacial score (nSPS) is 22.4. The Bertz CT molecular complexity index is 633. The first-order chi connectivity index (χ1) is 9.81. The zero-order valence-corrected chi connectivity index (χ0v) is 12.0. The number of carbonyl (C=O) groups excluding carboxylic acids is 1. The van der Waals surface area contributed by atoms with Crippen molar-refractivity contribution in [3.05, 3.63) is 29.3 Å². The van der Waals surface area contributed by atoms with Crippen molar-refractivity contribution in [3.8, 4) is 11.8 Å². The van der Waals surface area contributed by atoms with Crippen LogP contribution in [0.15, 0.2) is 18.2 Å². The van der Waals surface area contributed by atoms with E-state index in [4.69, 9.17) is 10.00 Å². The summed E-state index contributed by atoms with van der Waals surface area (Å²) in [6.45, 7) is 3.36. The zero-order chi connectivity index (χ0) is 15.8. The molecule has 1 aromatic carbocycles. The number of rotatable bonds is 3. The van der Waals surface area contributed by atoms with E-state index in [0.717, 1.165) is 0 Å². The van der Waals surface area contributed by atoms with Crippen LogP contribution in [0.3, 0.4) is 0 Å². The molecule has 6 nitrogen and oxygen atoms in total. The Balaban J connectivity index is 2.67. The van der Waals surface area contributed by atoms with Crippen LogP contribution in [0.4, 0.5) is 0 Å². The number of carboxylic acid groups (broad SMARTS) is 1. The highest BCUT2D eigenvalue weighted by Gasteiger charge is 2.49. The van der Waals surface area contributed by atoms with E-state index < -0.39 is 23.5 Å². The van der Waals surface area contributed by atoms with Gasteiger partial charge in [0.2, 0.25) is 6.41 Å². The van der Waals surface area contributed by atoms with Gasteiger partial charge in [0.15, 0.2) is 0 Å². The summed E-state index contributed by atoms with van der Waals surface area (Å²) in [7, 11) is 1.53. The van der Waals surface area contributed by atoms with Crippen molar-refractivity contribution >= 4 is 12.4 Å². The number of carbonyl (C=O) groups is 2. The van der Waals surface area contributed by atoms with Gasteiger partial charge in [-0.2, -0.15) is 5.26 Å². The van der Waals surface area contributed by atoms with E-state index in [1.54, 1.807) is 32.0 Å². The monoisotopic (exact) mass is 288 g/mol. The summed E-state index contributed by atoms with van der Waals surface area (Å²) in [6, 6.07) is 6.14. The molecule has 0 radical (unpaired) electrons. The molecule has 0 spiro atoms. The van der Waals surface area contributed by atoms with E-state index in [-0.39, 0.29) is 0 Å². The fourth-order valence-corrected chi connectivity index (χ4v) is 2.80. The van der Waals surface area contributed by atoms with E-state index in [1.165, 1.54) is 11.9 Å². The Kier molecular flexibility index (Phi) is 3.60. The number of aliphatic carboxylic acids is 1. The second kappa shape index (κ2) is 5.09. The summed E-state index contributed by atoms with van der Waals surface area (Å²) in [6.07, 6.45) is 0.588. The molecule has 6 heteroatoms. The summed E-state index contributed by atoms with van der Waals surface area (Å²) in [5, 5.41) is 18.6. The van der Waals surface area contributed by atoms with Gasteiger partial charge in [0.05, 0.1) is 17.7 Å². The van der Waals surface area contributed by atoms with Crippen LogP contribution in [0.2, 0.25) is 0 Å². The molecule has 1 aromatic rings. The molecule has 2 unspecified atom stereocenters. The van der Waals surface area contributed by atoms with E-state index in [2.05, 4.69) is 0 Å². The van der Waals surface area contributed by atoms with E-state index in [0.29, 0.717) is 23.3 Å². The summed E-state index contributed by atoms with van der Waals surface area (Å²) in [5.41, 5.74) is -0.0459. The molecule has 1 aliphatic heterocycles. The van der Waals surface area contributed by atoms with E-state index in [1.807, 2.05) is 6.07 Å². The summed E-state index contributed by atoms with van der Waals surface area (Å²) in [5.74, 6) is -1.49. The van der Waals surface area contributed by atoms with Crippen molar-refractivity contribution in [1.82, 2.24) is 4.90 Å². The van der Waals surface area contributed by atoms with Crippen molar-refractivity contribution < 1.29 is 19.4 Å². The van der Waals surface area contributed by atoms with Gasteiger partial charge >= 0.3 is 5.97 Å². The van der Waals surface area contributed by atoms with Gasteiger partial charge in [0, 0.05) is 12.6 Å². The maximum atomic E-state index is 11.7. The van der Waals surface area contributed by atoms with Gasteiger partial charge in [0.1, 0.15) is 17.3 Å². The van der Waals surface area contributed by atoms with Crippen LogP contribution in [-0.2, 0) is 9.59 Å². The van der Waals surface area contributed by atoms with Crippen molar-refractivity contribution in [1.29, 1.82) is 5.26 Å². The molecule has 0 saturated carbocycles. The number of carboxylic acids is 1. The first-order valence-electron chi connectivity index (χ1n) is 6.45. The molecular formula is C15H16N2O4. The second-order valence-corrected chi connectivity index (χ2v) is 5.60. The van der Waals surface area contributed by atoms with E-state index in [9.17, 15) is 14.7 Å². The van der Waals surface area contributed by atoms with Crippen molar-refractivity contribution in [2.75, 3.05) is 7.05 Å². The topological polar surface area (TPSA) is 90.6 Å². The largest absolute Gasteiger partial charge is 0.486 e. The minimum Gasteiger partial charge on any atom is -0.486 e. The lowest BCUT2D eigenvalue weighted by Crippen LogP contribution is -2.52. The van der Waals surface area contributed by atoms with E-state index >= 15 is 0 Å².